The monoisotopic (exact) mass is 377 g/mol. The van der Waals surface area contributed by atoms with Crippen LogP contribution in [0.1, 0.15) is 44.9 Å². The van der Waals surface area contributed by atoms with Crippen molar-refractivity contribution in [1.82, 2.24) is 4.90 Å². The minimum Gasteiger partial charge on any atom is -0.478 e. The Balaban J connectivity index is 1.43. The Hall–Kier alpha value is -3.08. The van der Waals surface area contributed by atoms with E-state index in [2.05, 4.69) is 0 Å². The second-order valence-electron chi connectivity index (χ2n) is 7.45. The molecule has 1 aromatic heterocycles. The highest BCUT2D eigenvalue weighted by atomic mass is 16.4. The van der Waals surface area contributed by atoms with Crippen LogP contribution in [-0.2, 0) is 6.42 Å². The summed E-state index contributed by atoms with van der Waals surface area (Å²) in [5.41, 5.74) is 2.87. The molecule has 1 fully saturated rings. The van der Waals surface area contributed by atoms with Gasteiger partial charge >= 0.3 is 5.97 Å². The fourth-order valence-electron chi connectivity index (χ4n) is 4.08. The summed E-state index contributed by atoms with van der Waals surface area (Å²) in [7, 11) is 0. The number of aryl methyl sites for hydroxylation is 1. The summed E-state index contributed by atoms with van der Waals surface area (Å²) in [5, 5.41) is 10.3. The number of hydrogen-bond acceptors (Lipinski definition) is 3. The first-order chi connectivity index (χ1) is 13.5. The van der Waals surface area contributed by atoms with Crippen LogP contribution in [0.5, 0.6) is 0 Å². The molecule has 0 unspecified atom stereocenters. The Morgan fingerprint density at radius 1 is 1.07 bits per heavy atom. The van der Waals surface area contributed by atoms with Crippen LogP contribution < -0.4 is 0 Å². The zero-order valence-corrected chi connectivity index (χ0v) is 15.9. The number of fused-ring (bicyclic) bond motifs is 1. The van der Waals surface area contributed by atoms with Gasteiger partial charge in [0.1, 0.15) is 5.58 Å². The lowest BCUT2D eigenvalue weighted by Crippen LogP contribution is -2.39. The number of aromatic carboxylic acids is 1. The smallest absolute Gasteiger partial charge is 0.335 e. The number of benzene rings is 2. The van der Waals surface area contributed by atoms with Gasteiger partial charge in [-0.15, -0.1) is 0 Å². The van der Waals surface area contributed by atoms with Crippen molar-refractivity contribution < 1.29 is 19.1 Å². The summed E-state index contributed by atoms with van der Waals surface area (Å²) in [5.74, 6) is -0.140. The number of likely N-dealkylation sites (tertiary alicyclic amines) is 1. The van der Waals surface area contributed by atoms with Crippen molar-refractivity contribution in [2.45, 2.75) is 26.2 Å². The van der Waals surface area contributed by atoms with Crippen LogP contribution in [0.15, 0.2) is 52.9 Å². The summed E-state index contributed by atoms with van der Waals surface area (Å²) in [4.78, 5) is 26.2. The summed E-state index contributed by atoms with van der Waals surface area (Å²) in [6, 6.07) is 14.9. The topological polar surface area (TPSA) is 70.8 Å². The second-order valence-corrected chi connectivity index (χ2v) is 7.45. The molecule has 144 valence electrons. The maximum absolute atomic E-state index is 13.0. The summed E-state index contributed by atoms with van der Waals surface area (Å²) in [6.45, 7) is 3.25. The summed E-state index contributed by atoms with van der Waals surface area (Å²) < 4.78 is 5.82. The molecule has 3 aromatic rings. The van der Waals surface area contributed by atoms with Gasteiger partial charge in [-0.1, -0.05) is 36.4 Å². The Labute approximate surface area is 163 Å². The zero-order chi connectivity index (χ0) is 19.7. The predicted octanol–water partition coefficient (Wildman–Crippen LogP) is 4.53. The molecule has 1 amide bonds. The number of carbonyl (C=O) groups excluding carboxylic acids is 1. The van der Waals surface area contributed by atoms with E-state index in [0.717, 1.165) is 41.4 Å². The number of piperidine rings is 1. The molecule has 2 heterocycles. The van der Waals surface area contributed by atoms with E-state index < -0.39 is 5.97 Å². The van der Waals surface area contributed by atoms with Gasteiger partial charge < -0.3 is 14.4 Å². The van der Waals surface area contributed by atoms with Crippen LogP contribution in [0.4, 0.5) is 0 Å². The molecule has 1 saturated heterocycles. The first kappa shape index (κ1) is 18.3. The van der Waals surface area contributed by atoms with Crippen LogP contribution in [0.2, 0.25) is 0 Å². The molecule has 0 aliphatic carbocycles. The third kappa shape index (κ3) is 3.40. The lowest BCUT2D eigenvalue weighted by molar-refractivity contribution is 0.0660. The van der Waals surface area contributed by atoms with Gasteiger partial charge in [-0.05, 0) is 49.8 Å². The molecule has 2 aromatic carbocycles. The van der Waals surface area contributed by atoms with E-state index in [4.69, 9.17) is 4.42 Å². The molecule has 0 bridgehead atoms. The summed E-state index contributed by atoms with van der Waals surface area (Å²) >= 11 is 0. The molecule has 0 radical (unpaired) electrons. The SMILES string of the molecule is Cc1c(C(=O)N2CCC(Cc3ccccc3C(=O)O)CC2)oc2ccccc12. The Bertz CT molecular complexity index is 1030. The van der Waals surface area contributed by atoms with Crippen molar-refractivity contribution in [1.29, 1.82) is 0 Å². The van der Waals surface area contributed by atoms with Gasteiger partial charge in [0.2, 0.25) is 0 Å². The Morgan fingerprint density at radius 2 is 1.75 bits per heavy atom. The average molecular weight is 377 g/mol. The number of carboxylic acid groups (broad SMARTS) is 1. The lowest BCUT2D eigenvalue weighted by atomic mass is 9.88. The second kappa shape index (κ2) is 7.50. The molecular weight excluding hydrogens is 354 g/mol. The highest BCUT2D eigenvalue weighted by molar-refractivity contribution is 5.99. The number of carbonyl (C=O) groups is 2. The van der Waals surface area contributed by atoms with Gasteiger partial charge in [0.15, 0.2) is 5.76 Å². The third-order valence-electron chi connectivity index (χ3n) is 5.70. The molecular formula is C23H23NO4. The number of carboxylic acids is 1. The maximum atomic E-state index is 13.0. The standard InChI is InChI=1S/C23H23NO4/c1-15-18-7-4-5-9-20(18)28-21(15)22(25)24-12-10-16(11-13-24)14-17-6-2-3-8-19(17)23(26)27/h2-9,16H,10-14H2,1H3,(H,26,27). The van der Waals surface area contributed by atoms with E-state index in [-0.39, 0.29) is 5.91 Å². The maximum Gasteiger partial charge on any atom is 0.335 e. The third-order valence-corrected chi connectivity index (χ3v) is 5.70. The molecule has 5 nitrogen and oxygen atoms in total. The van der Waals surface area contributed by atoms with Gasteiger partial charge in [0.05, 0.1) is 5.56 Å². The van der Waals surface area contributed by atoms with Crippen molar-refractivity contribution in [3.8, 4) is 0 Å². The largest absolute Gasteiger partial charge is 0.478 e. The van der Waals surface area contributed by atoms with E-state index >= 15 is 0 Å². The van der Waals surface area contributed by atoms with E-state index in [1.54, 1.807) is 12.1 Å². The minimum absolute atomic E-state index is 0.0573. The average Bonchev–Trinajstić information content (AvgIpc) is 3.05. The van der Waals surface area contributed by atoms with Crippen LogP contribution in [0.25, 0.3) is 11.0 Å². The van der Waals surface area contributed by atoms with Crippen molar-refractivity contribution in [3.05, 3.63) is 71.0 Å². The molecule has 4 rings (SSSR count). The quantitative estimate of drug-likeness (QED) is 0.725. The molecule has 0 saturated carbocycles. The molecule has 5 heteroatoms. The first-order valence-corrected chi connectivity index (χ1v) is 9.63. The fraction of sp³-hybridized carbons (Fsp3) is 0.304. The van der Waals surface area contributed by atoms with E-state index in [0.29, 0.717) is 30.3 Å². The zero-order valence-electron chi connectivity index (χ0n) is 15.9. The van der Waals surface area contributed by atoms with E-state index in [1.165, 1.54) is 0 Å². The van der Waals surface area contributed by atoms with Gasteiger partial charge in [0.25, 0.3) is 5.91 Å². The Morgan fingerprint density at radius 3 is 2.46 bits per heavy atom. The van der Waals surface area contributed by atoms with Crippen molar-refractivity contribution >= 4 is 22.8 Å². The highest BCUT2D eigenvalue weighted by Gasteiger charge is 2.28. The molecule has 0 atom stereocenters. The number of rotatable bonds is 4. The normalized spacial score (nSPS) is 15.1. The number of para-hydroxylation sites is 1. The van der Waals surface area contributed by atoms with Gasteiger partial charge in [-0.3, -0.25) is 4.79 Å². The van der Waals surface area contributed by atoms with Crippen LogP contribution >= 0.6 is 0 Å². The highest BCUT2D eigenvalue weighted by Crippen LogP contribution is 2.28. The molecule has 28 heavy (non-hydrogen) atoms. The van der Waals surface area contributed by atoms with Gasteiger partial charge in [-0.25, -0.2) is 4.79 Å². The van der Waals surface area contributed by atoms with E-state index in [9.17, 15) is 14.7 Å². The van der Waals surface area contributed by atoms with Crippen LogP contribution in [-0.4, -0.2) is 35.0 Å². The summed E-state index contributed by atoms with van der Waals surface area (Å²) in [6.07, 6.45) is 2.45. The van der Waals surface area contributed by atoms with Gasteiger partial charge in [0, 0.05) is 24.0 Å². The van der Waals surface area contributed by atoms with Crippen LogP contribution in [0.3, 0.4) is 0 Å². The molecule has 1 aliphatic heterocycles. The van der Waals surface area contributed by atoms with Gasteiger partial charge in [-0.2, -0.15) is 0 Å². The number of amides is 1. The first-order valence-electron chi connectivity index (χ1n) is 9.63. The molecule has 1 N–H and O–H groups in total. The number of nitrogens with zero attached hydrogens (tertiary/aromatic N) is 1. The number of furan rings is 1. The van der Waals surface area contributed by atoms with Crippen molar-refractivity contribution in [2.24, 2.45) is 5.92 Å². The predicted molar refractivity (Wildman–Crippen MR) is 107 cm³/mol. The molecule has 0 spiro atoms. The Kier molecular flexibility index (Phi) is 4.90. The molecule has 1 aliphatic rings. The minimum atomic E-state index is -0.886. The van der Waals surface area contributed by atoms with E-state index in [1.807, 2.05) is 48.2 Å². The van der Waals surface area contributed by atoms with Crippen LogP contribution in [0, 0.1) is 12.8 Å². The van der Waals surface area contributed by atoms with Crippen molar-refractivity contribution in [3.63, 3.8) is 0 Å². The number of hydrogen-bond donors (Lipinski definition) is 1. The lowest BCUT2D eigenvalue weighted by Gasteiger charge is -2.32. The van der Waals surface area contributed by atoms with Crippen molar-refractivity contribution in [2.75, 3.05) is 13.1 Å². The fourth-order valence-corrected chi connectivity index (χ4v) is 4.08.